The summed E-state index contributed by atoms with van der Waals surface area (Å²) in [5, 5.41) is 5.01. The number of hydrogen-bond donors (Lipinski definition) is 3. The van der Waals surface area contributed by atoms with E-state index in [-0.39, 0.29) is 24.5 Å². The van der Waals surface area contributed by atoms with Crippen LogP contribution < -0.4 is 16.4 Å². The molecule has 0 aliphatic rings. The molecule has 2 rings (SSSR count). The number of rotatable bonds is 9. The summed E-state index contributed by atoms with van der Waals surface area (Å²) in [6.45, 7) is 3.52. The lowest BCUT2D eigenvalue weighted by Crippen LogP contribution is -2.55. The molecule has 3 amide bonds. The van der Waals surface area contributed by atoms with Crippen LogP contribution in [0.4, 0.5) is 9.18 Å². The number of benzene rings is 2. The maximum absolute atomic E-state index is 13.9. The Morgan fingerprint density at radius 1 is 1.00 bits per heavy atom. The minimum Gasteiger partial charge on any atom is -0.445 e. The first kappa shape index (κ1) is 22.9. The topological polar surface area (TPSA) is 111 Å². The van der Waals surface area contributed by atoms with Crippen molar-refractivity contribution in [3.05, 3.63) is 71.5 Å². The van der Waals surface area contributed by atoms with E-state index in [1.807, 2.05) is 18.2 Å². The molecule has 2 aromatic carbocycles. The fraction of sp³-hybridized carbons (Fsp3) is 0.318. The van der Waals surface area contributed by atoms with Gasteiger partial charge in [-0.25, -0.2) is 9.18 Å². The van der Waals surface area contributed by atoms with E-state index in [1.54, 1.807) is 32.0 Å². The zero-order chi connectivity index (χ0) is 22.1. The predicted octanol–water partition coefficient (Wildman–Crippen LogP) is 2.29. The highest BCUT2D eigenvalue weighted by Gasteiger charge is 2.29. The zero-order valence-electron chi connectivity index (χ0n) is 16.9. The Morgan fingerprint density at radius 3 is 2.23 bits per heavy atom. The third-order valence-corrected chi connectivity index (χ3v) is 4.48. The summed E-state index contributed by atoms with van der Waals surface area (Å²) in [6, 6.07) is 12.9. The standard InChI is InChI=1S/C22H26FN3O4/c1-14(2)19(26-22(29)30-13-15-8-4-3-5-9-15)21(28)25-18(20(24)27)12-16-10-6-7-11-17(16)23/h3-11,14,18-19H,12-13H2,1-2H3,(H2,24,27)(H,25,28)(H,26,29)/t18-,19+/m1/s1. The van der Waals surface area contributed by atoms with Gasteiger partial charge in [0.1, 0.15) is 24.5 Å². The maximum Gasteiger partial charge on any atom is 0.408 e. The first-order chi connectivity index (χ1) is 14.3. The average molecular weight is 415 g/mol. The van der Waals surface area contributed by atoms with Crippen molar-refractivity contribution in [3.8, 4) is 0 Å². The van der Waals surface area contributed by atoms with Gasteiger partial charge in [0, 0.05) is 6.42 Å². The SMILES string of the molecule is CC(C)[C@H](NC(=O)OCc1ccccc1)C(=O)N[C@H](Cc1ccccc1F)C(N)=O. The van der Waals surface area contributed by atoms with Crippen molar-refractivity contribution in [2.24, 2.45) is 11.7 Å². The van der Waals surface area contributed by atoms with Gasteiger partial charge in [0.2, 0.25) is 11.8 Å². The van der Waals surface area contributed by atoms with E-state index in [4.69, 9.17) is 10.5 Å². The first-order valence-corrected chi connectivity index (χ1v) is 9.58. The minimum atomic E-state index is -1.13. The van der Waals surface area contributed by atoms with Crippen LogP contribution in [0.25, 0.3) is 0 Å². The van der Waals surface area contributed by atoms with Gasteiger partial charge in [-0.05, 0) is 23.1 Å². The largest absolute Gasteiger partial charge is 0.445 e. The molecule has 2 aromatic rings. The summed E-state index contributed by atoms with van der Waals surface area (Å²) in [7, 11) is 0. The molecule has 160 valence electrons. The Balaban J connectivity index is 1.99. The lowest BCUT2D eigenvalue weighted by Gasteiger charge is -2.24. The van der Waals surface area contributed by atoms with Gasteiger partial charge in [-0.1, -0.05) is 62.4 Å². The summed E-state index contributed by atoms with van der Waals surface area (Å²) in [5.41, 5.74) is 6.44. The molecule has 0 radical (unpaired) electrons. The fourth-order valence-corrected chi connectivity index (χ4v) is 2.79. The average Bonchev–Trinajstić information content (AvgIpc) is 2.71. The van der Waals surface area contributed by atoms with Crippen LogP contribution in [-0.2, 0) is 27.4 Å². The molecule has 0 unspecified atom stereocenters. The molecule has 0 bridgehead atoms. The van der Waals surface area contributed by atoms with Crippen LogP contribution in [0.2, 0.25) is 0 Å². The Morgan fingerprint density at radius 2 is 1.63 bits per heavy atom. The van der Waals surface area contributed by atoms with E-state index in [9.17, 15) is 18.8 Å². The molecule has 0 saturated carbocycles. The molecule has 0 heterocycles. The quantitative estimate of drug-likeness (QED) is 0.584. The molecular formula is C22H26FN3O4. The lowest BCUT2D eigenvalue weighted by atomic mass is 10.0. The summed E-state index contributed by atoms with van der Waals surface area (Å²) in [5.74, 6) is -2.21. The predicted molar refractivity (Wildman–Crippen MR) is 110 cm³/mol. The summed E-state index contributed by atoms with van der Waals surface area (Å²) in [6.07, 6.45) is -0.866. The number of alkyl carbamates (subject to hydrolysis) is 1. The highest BCUT2D eigenvalue weighted by molar-refractivity contribution is 5.91. The molecule has 8 heteroatoms. The van der Waals surface area contributed by atoms with Crippen LogP contribution in [-0.4, -0.2) is 30.0 Å². The number of ether oxygens (including phenoxy) is 1. The van der Waals surface area contributed by atoms with Crippen LogP contribution in [0.3, 0.4) is 0 Å². The van der Waals surface area contributed by atoms with Crippen LogP contribution >= 0.6 is 0 Å². The number of carbonyl (C=O) groups is 3. The molecule has 2 atom stereocenters. The van der Waals surface area contributed by atoms with Crippen molar-refractivity contribution in [1.82, 2.24) is 10.6 Å². The number of primary amides is 1. The number of hydrogen-bond acceptors (Lipinski definition) is 4. The molecular weight excluding hydrogens is 389 g/mol. The van der Waals surface area contributed by atoms with Crippen molar-refractivity contribution in [1.29, 1.82) is 0 Å². The third kappa shape index (κ3) is 6.88. The summed E-state index contributed by atoms with van der Waals surface area (Å²) in [4.78, 5) is 36.6. The zero-order valence-corrected chi connectivity index (χ0v) is 16.9. The Hall–Kier alpha value is -3.42. The van der Waals surface area contributed by atoms with Crippen LogP contribution in [0.5, 0.6) is 0 Å². The molecule has 0 fully saturated rings. The van der Waals surface area contributed by atoms with Gasteiger partial charge in [-0.3, -0.25) is 9.59 Å². The molecule has 0 aliphatic carbocycles. The van der Waals surface area contributed by atoms with Crippen molar-refractivity contribution < 1.29 is 23.5 Å². The molecule has 0 aromatic heterocycles. The summed E-state index contributed by atoms with van der Waals surface area (Å²) < 4.78 is 19.0. The Kier molecular flexibility index (Phi) is 8.34. The van der Waals surface area contributed by atoms with E-state index >= 15 is 0 Å². The fourth-order valence-electron chi connectivity index (χ4n) is 2.79. The molecule has 0 saturated heterocycles. The van der Waals surface area contributed by atoms with Crippen LogP contribution in [0.1, 0.15) is 25.0 Å². The number of halogens is 1. The second kappa shape index (κ2) is 10.9. The van der Waals surface area contributed by atoms with E-state index in [0.29, 0.717) is 0 Å². The first-order valence-electron chi connectivity index (χ1n) is 9.58. The molecule has 7 nitrogen and oxygen atoms in total. The monoisotopic (exact) mass is 415 g/mol. The second-order valence-corrected chi connectivity index (χ2v) is 7.19. The number of carbonyl (C=O) groups excluding carboxylic acids is 3. The normalized spacial score (nSPS) is 12.7. The van der Waals surface area contributed by atoms with Crippen LogP contribution in [0, 0.1) is 11.7 Å². The Bertz CT molecular complexity index is 874. The van der Waals surface area contributed by atoms with Gasteiger partial charge < -0.3 is 21.1 Å². The van der Waals surface area contributed by atoms with Gasteiger partial charge in [-0.2, -0.15) is 0 Å². The van der Waals surface area contributed by atoms with Gasteiger partial charge in [-0.15, -0.1) is 0 Å². The number of nitrogens with one attached hydrogen (secondary N) is 2. The minimum absolute atomic E-state index is 0.0519. The van der Waals surface area contributed by atoms with E-state index in [1.165, 1.54) is 18.2 Å². The second-order valence-electron chi connectivity index (χ2n) is 7.19. The smallest absolute Gasteiger partial charge is 0.408 e. The van der Waals surface area contributed by atoms with Gasteiger partial charge in [0.25, 0.3) is 0 Å². The molecule has 0 spiro atoms. The van der Waals surface area contributed by atoms with Gasteiger partial charge in [0.15, 0.2) is 0 Å². The highest BCUT2D eigenvalue weighted by atomic mass is 19.1. The van der Waals surface area contributed by atoms with Crippen LogP contribution in [0.15, 0.2) is 54.6 Å². The van der Waals surface area contributed by atoms with E-state index < -0.39 is 35.8 Å². The molecule has 4 N–H and O–H groups in total. The third-order valence-electron chi connectivity index (χ3n) is 4.48. The summed E-state index contributed by atoms with van der Waals surface area (Å²) >= 11 is 0. The van der Waals surface area contributed by atoms with Crippen molar-refractivity contribution in [2.45, 2.75) is 39.0 Å². The molecule has 0 aliphatic heterocycles. The Labute approximate surface area is 174 Å². The van der Waals surface area contributed by atoms with Gasteiger partial charge >= 0.3 is 6.09 Å². The molecule has 30 heavy (non-hydrogen) atoms. The highest BCUT2D eigenvalue weighted by Crippen LogP contribution is 2.10. The lowest BCUT2D eigenvalue weighted by molar-refractivity contribution is -0.129. The van der Waals surface area contributed by atoms with E-state index in [2.05, 4.69) is 10.6 Å². The van der Waals surface area contributed by atoms with Crippen molar-refractivity contribution in [3.63, 3.8) is 0 Å². The van der Waals surface area contributed by atoms with Crippen molar-refractivity contribution >= 4 is 17.9 Å². The number of amides is 3. The number of nitrogens with two attached hydrogens (primary N) is 1. The van der Waals surface area contributed by atoms with Gasteiger partial charge in [0.05, 0.1) is 0 Å². The van der Waals surface area contributed by atoms with E-state index in [0.717, 1.165) is 5.56 Å². The maximum atomic E-state index is 13.9. The van der Waals surface area contributed by atoms with Crippen molar-refractivity contribution in [2.75, 3.05) is 0 Å².